The van der Waals surface area contributed by atoms with Crippen LogP contribution in [0.4, 0.5) is 0 Å². The van der Waals surface area contributed by atoms with Crippen molar-refractivity contribution in [1.29, 1.82) is 0 Å². The third kappa shape index (κ3) is 0.913. The predicted octanol–water partition coefficient (Wildman–Crippen LogP) is 0.596. The molecule has 2 rings (SSSR count). The molecule has 0 saturated carbocycles. The zero-order valence-electron chi connectivity index (χ0n) is 7.57. The number of β-lactam (4-membered cyclic amide) rings is 1. The summed E-state index contributed by atoms with van der Waals surface area (Å²) < 4.78 is 0. The molecule has 1 unspecified atom stereocenters. The summed E-state index contributed by atoms with van der Waals surface area (Å²) in [5.41, 5.74) is -0.0481. The van der Waals surface area contributed by atoms with Gasteiger partial charge in [0.15, 0.2) is 0 Å². The topological polar surface area (TPSA) is 57.6 Å². The van der Waals surface area contributed by atoms with Gasteiger partial charge in [-0.25, -0.2) is 4.79 Å². The van der Waals surface area contributed by atoms with E-state index in [0.717, 1.165) is 0 Å². The van der Waals surface area contributed by atoms with Crippen molar-refractivity contribution >= 4 is 11.9 Å². The first-order valence-electron chi connectivity index (χ1n) is 4.22. The highest BCUT2D eigenvalue weighted by molar-refractivity contribution is 5.97. The van der Waals surface area contributed by atoms with Crippen LogP contribution in [-0.4, -0.2) is 27.9 Å². The molecule has 1 amide bonds. The summed E-state index contributed by atoms with van der Waals surface area (Å²) in [7, 11) is 0. The Labute approximate surface area is 75.8 Å². The van der Waals surface area contributed by atoms with Gasteiger partial charge in [-0.1, -0.05) is 13.8 Å². The van der Waals surface area contributed by atoms with Crippen LogP contribution in [0.3, 0.4) is 0 Å². The smallest absolute Gasteiger partial charge is 0.352 e. The van der Waals surface area contributed by atoms with E-state index in [-0.39, 0.29) is 23.1 Å². The molecule has 13 heavy (non-hydrogen) atoms. The highest BCUT2D eigenvalue weighted by atomic mass is 16.4. The van der Waals surface area contributed by atoms with Crippen molar-refractivity contribution in [1.82, 2.24) is 4.90 Å². The number of carbonyl (C=O) groups is 2. The van der Waals surface area contributed by atoms with Crippen LogP contribution in [0.5, 0.6) is 0 Å². The third-order valence-electron chi connectivity index (χ3n) is 2.79. The number of carboxylic acid groups (broad SMARTS) is 1. The average molecular weight is 181 g/mol. The van der Waals surface area contributed by atoms with Crippen molar-refractivity contribution in [3.8, 4) is 0 Å². The summed E-state index contributed by atoms with van der Waals surface area (Å²) in [5.74, 6) is -1.09. The number of carboxylic acids is 1. The van der Waals surface area contributed by atoms with Crippen LogP contribution in [0.2, 0.25) is 0 Å². The van der Waals surface area contributed by atoms with Crippen molar-refractivity contribution in [3.05, 3.63) is 11.8 Å². The highest BCUT2D eigenvalue weighted by Crippen LogP contribution is 2.45. The van der Waals surface area contributed by atoms with Crippen LogP contribution < -0.4 is 0 Å². The van der Waals surface area contributed by atoms with E-state index < -0.39 is 5.97 Å². The van der Waals surface area contributed by atoms with Gasteiger partial charge in [0.05, 0.1) is 6.04 Å². The SMILES string of the molecule is CC1(C)C=C(C(=O)O)N2C(=O)CC21. The van der Waals surface area contributed by atoms with E-state index in [1.165, 1.54) is 4.90 Å². The van der Waals surface area contributed by atoms with Gasteiger partial charge in [-0.3, -0.25) is 4.79 Å². The molecular formula is C9H11NO3. The molecule has 1 N–H and O–H groups in total. The number of carbonyl (C=O) groups excluding carboxylic acids is 1. The van der Waals surface area contributed by atoms with E-state index in [4.69, 9.17) is 5.11 Å². The summed E-state index contributed by atoms with van der Waals surface area (Å²) in [4.78, 5) is 23.3. The van der Waals surface area contributed by atoms with Gasteiger partial charge in [-0.05, 0) is 6.08 Å². The van der Waals surface area contributed by atoms with Crippen LogP contribution >= 0.6 is 0 Å². The zero-order chi connectivity index (χ0) is 9.80. The van der Waals surface area contributed by atoms with Crippen molar-refractivity contribution < 1.29 is 14.7 Å². The number of nitrogens with zero attached hydrogens (tertiary/aromatic N) is 1. The molecule has 4 nitrogen and oxygen atoms in total. The van der Waals surface area contributed by atoms with Gasteiger partial charge < -0.3 is 10.0 Å². The number of rotatable bonds is 1. The molecule has 2 aliphatic rings. The molecule has 0 aromatic carbocycles. The lowest BCUT2D eigenvalue weighted by Gasteiger charge is -2.41. The molecule has 70 valence electrons. The lowest BCUT2D eigenvalue weighted by Crippen LogP contribution is -2.54. The van der Waals surface area contributed by atoms with E-state index in [2.05, 4.69) is 0 Å². The minimum absolute atomic E-state index is 0.0612. The molecule has 1 atom stereocenters. The molecule has 1 fully saturated rings. The zero-order valence-corrected chi connectivity index (χ0v) is 7.57. The Bertz CT molecular complexity index is 330. The van der Waals surface area contributed by atoms with Crippen molar-refractivity contribution in [2.24, 2.45) is 5.41 Å². The summed E-state index contributed by atoms with van der Waals surface area (Å²) in [6.45, 7) is 3.90. The molecule has 0 bridgehead atoms. The maximum atomic E-state index is 11.1. The third-order valence-corrected chi connectivity index (χ3v) is 2.79. The van der Waals surface area contributed by atoms with Crippen LogP contribution in [-0.2, 0) is 9.59 Å². The number of hydrogen-bond donors (Lipinski definition) is 1. The Morgan fingerprint density at radius 1 is 1.69 bits per heavy atom. The van der Waals surface area contributed by atoms with Crippen LogP contribution in [0.1, 0.15) is 20.3 Å². The van der Waals surface area contributed by atoms with Crippen LogP contribution in [0.15, 0.2) is 11.8 Å². The molecule has 2 heterocycles. The number of fused-ring (bicyclic) bond motifs is 1. The molecule has 2 aliphatic heterocycles. The van der Waals surface area contributed by atoms with Crippen molar-refractivity contribution in [2.45, 2.75) is 26.3 Å². The monoisotopic (exact) mass is 181 g/mol. The number of aliphatic carboxylic acids is 1. The Balaban J connectivity index is 2.38. The van der Waals surface area contributed by atoms with Crippen LogP contribution in [0.25, 0.3) is 0 Å². The van der Waals surface area contributed by atoms with E-state index in [1.54, 1.807) is 6.08 Å². The molecule has 0 spiro atoms. The molecule has 0 aromatic heterocycles. The van der Waals surface area contributed by atoms with Gasteiger partial charge >= 0.3 is 5.97 Å². The van der Waals surface area contributed by atoms with E-state index in [0.29, 0.717) is 6.42 Å². The van der Waals surface area contributed by atoms with E-state index >= 15 is 0 Å². The first kappa shape index (κ1) is 8.29. The maximum Gasteiger partial charge on any atom is 0.352 e. The van der Waals surface area contributed by atoms with E-state index in [1.807, 2.05) is 13.8 Å². The quantitative estimate of drug-likeness (QED) is 0.602. The lowest BCUT2D eigenvalue weighted by atomic mass is 9.81. The standard InChI is InChI=1S/C9H11NO3/c1-9(2)4-5(8(12)13)10-6(9)3-7(10)11/h4,6H,3H2,1-2H3,(H,12,13). The van der Waals surface area contributed by atoms with E-state index in [9.17, 15) is 9.59 Å². The Morgan fingerprint density at radius 3 is 2.69 bits per heavy atom. The molecule has 4 heteroatoms. The van der Waals surface area contributed by atoms with Crippen molar-refractivity contribution in [3.63, 3.8) is 0 Å². The summed E-state index contributed by atoms with van der Waals surface area (Å²) in [6.07, 6.45) is 2.14. The molecule has 0 aliphatic carbocycles. The summed E-state index contributed by atoms with van der Waals surface area (Å²) in [5, 5.41) is 8.82. The Hall–Kier alpha value is -1.32. The normalized spacial score (nSPS) is 29.4. The minimum atomic E-state index is -1.01. The fourth-order valence-corrected chi connectivity index (χ4v) is 2.00. The second kappa shape index (κ2) is 2.13. The van der Waals surface area contributed by atoms with Gasteiger partial charge in [-0.15, -0.1) is 0 Å². The molecule has 0 aromatic rings. The highest BCUT2D eigenvalue weighted by Gasteiger charge is 2.52. The Kier molecular flexibility index (Phi) is 1.36. The number of hydrogen-bond acceptors (Lipinski definition) is 2. The average Bonchev–Trinajstić information content (AvgIpc) is 2.18. The summed E-state index contributed by atoms with van der Waals surface area (Å²) >= 11 is 0. The molecule has 1 saturated heterocycles. The fraction of sp³-hybridized carbons (Fsp3) is 0.556. The van der Waals surface area contributed by atoms with Crippen molar-refractivity contribution in [2.75, 3.05) is 0 Å². The van der Waals surface area contributed by atoms with Gasteiger partial charge in [-0.2, -0.15) is 0 Å². The fourth-order valence-electron chi connectivity index (χ4n) is 2.00. The minimum Gasteiger partial charge on any atom is -0.477 e. The largest absolute Gasteiger partial charge is 0.477 e. The maximum absolute atomic E-state index is 11.1. The molecular weight excluding hydrogens is 170 g/mol. The Morgan fingerprint density at radius 2 is 2.31 bits per heavy atom. The lowest BCUT2D eigenvalue weighted by molar-refractivity contribution is -0.149. The molecule has 0 radical (unpaired) electrons. The second-order valence-electron chi connectivity index (χ2n) is 4.14. The van der Waals surface area contributed by atoms with Gasteiger partial charge in [0, 0.05) is 11.8 Å². The summed E-state index contributed by atoms with van der Waals surface area (Å²) in [6, 6.07) is 0.0612. The van der Waals surface area contributed by atoms with Gasteiger partial charge in [0.1, 0.15) is 5.70 Å². The second-order valence-corrected chi connectivity index (χ2v) is 4.14. The first-order chi connectivity index (χ1) is 5.93. The van der Waals surface area contributed by atoms with Gasteiger partial charge in [0.25, 0.3) is 0 Å². The van der Waals surface area contributed by atoms with Gasteiger partial charge in [0.2, 0.25) is 5.91 Å². The number of amides is 1. The first-order valence-corrected chi connectivity index (χ1v) is 4.22. The van der Waals surface area contributed by atoms with Crippen LogP contribution in [0, 0.1) is 5.41 Å². The predicted molar refractivity (Wildman–Crippen MR) is 44.8 cm³/mol.